The van der Waals surface area contributed by atoms with Crippen molar-refractivity contribution >= 4 is 35.3 Å². The first-order valence-corrected chi connectivity index (χ1v) is 20.5. The van der Waals surface area contributed by atoms with E-state index in [1.54, 1.807) is 11.8 Å². The molecule has 0 bridgehead atoms. The van der Waals surface area contributed by atoms with Crippen LogP contribution in [0.3, 0.4) is 0 Å². The standard InChI is InChI=1S/C41H64N6O7/c1-8-14-28(34(49)39(53)43-27-19-20-27)44-36(50)30-21-26-17-12-13-18-29(26)47(30)40(54)35(41(5,6)7)46-37(51)32(25-15-10-9-11-16-25)45-38(52)33-31(24(4)48)22(2)23(3)42-33/h24-30,32,35,42,48H,8-21H2,1-7H3,(H,43,53)(H,44,50)(H,45,52)(H,46,51)/t24?,26-,28-,29-,30-,32-,35+/m0/s1. The molecule has 54 heavy (non-hydrogen) atoms. The van der Waals surface area contributed by atoms with Crippen LogP contribution in [-0.4, -0.2) is 86.6 Å². The maximum Gasteiger partial charge on any atom is 0.289 e. The normalized spacial score (nSPS) is 24.1. The van der Waals surface area contributed by atoms with Gasteiger partial charge in [0.15, 0.2) is 0 Å². The Balaban J connectivity index is 1.40. The van der Waals surface area contributed by atoms with Gasteiger partial charge in [0.2, 0.25) is 23.5 Å². The smallest absolute Gasteiger partial charge is 0.289 e. The third kappa shape index (κ3) is 9.37. The van der Waals surface area contributed by atoms with Crippen LogP contribution in [0, 0.1) is 31.1 Å². The lowest BCUT2D eigenvalue weighted by Crippen LogP contribution is -2.63. The van der Waals surface area contributed by atoms with E-state index in [-0.39, 0.29) is 35.5 Å². The molecule has 4 fully saturated rings. The van der Waals surface area contributed by atoms with E-state index in [1.807, 2.05) is 41.5 Å². The molecule has 5 rings (SSSR count). The first-order chi connectivity index (χ1) is 25.5. The molecule has 5 amide bonds. The Morgan fingerprint density at radius 3 is 2.15 bits per heavy atom. The molecule has 0 radical (unpaired) electrons. The number of Topliss-reactive ketones (excluding diaryl/α,β-unsaturated/α-hetero) is 1. The van der Waals surface area contributed by atoms with E-state index < -0.39 is 65.1 Å². The van der Waals surface area contributed by atoms with E-state index in [1.165, 1.54) is 0 Å². The fourth-order valence-corrected chi connectivity index (χ4v) is 9.03. The van der Waals surface area contributed by atoms with Gasteiger partial charge in [0.1, 0.15) is 23.8 Å². The van der Waals surface area contributed by atoms with E-state index in [2.05, 4.69) is 26.3 Å². The van der Waals surface area contributed by atoms with Gasteiger partial charge in [-0.05, 0) is 95.0 Å². The third-order valence-electron chi connectivity index (χ3n) is 12.3. The Hall–Kier alpha value is -3.74. The number of ketones is 1. The van der Waals surface area contributed by atoms with E-state index in [0.717, 1.165) is 81.9 Å². The molecule has 0 spiro atoms. The molecule has 13 nitrogen and oxygen atoms in total. The minimum absolute atomic E-state index is 0.00430. The number of H-pyrrole nitrogens is 1. The Morgan fingerprint density at radius 2 is 1.54 bits per heavy atom. The average molecular weight is 753 g/mol. The van der Waals surface area contributed by atoms with Gasteiger partial charge in [0.05, 0.1) is 12.1 Å². The number of aliphatic hydroxyl groups excluding tert-OH is 1. The van der Waals surface area contributed by atoms with Crippen LogP contribution in [0.5, 0.6) is 0 Å². The fraction of sp³-hybridized carbons (Fsp3) is 0.756. The maximum atomic E-state index is 15.0. The summed E-state index contributed by atoms with van der Waals surface area (Å²) in [6, 6.07) is -4.01. The van der Waals surface area contributed by atoms with Gasteiger partial charge in [-0.1, -0.05) is 66.2 Å². The van der Waals surface area contributed by atoms with Gasteiger partial charge < -0.3 is 36.3 Å². The number of likely N-dealkylation sites (tertiary alicyclic amines) is 1. The Morgan fingerprint density at radius 1 is 0.889 bits per heavy atom. The molecular weight excluding hydrogens is 688 g/mol. The molecular formula is C41H64N6O7. The average Bonchev–Trinajstić information content (AvgIpc) is 3.77. The second-order valence-electron chi connectivity index (χ2n) is 17.6. The zero-order valence-electron chi connectivity index (χ0n) is 33.4. The van der Waals surface area contributed by atoms with Crippen LogP contribution < -0.4 is 21.3 Å². The number of nitrogens with zero attached hydrogens (tertiary/aromatic N) is 1. The summed E-state index contributed by atoms with van der Waals surface area (Å²) in [4.78, 5) is 88.2. The minimum atomic E-state index is -1.02. The van der Waals surface area contributed by atoms with Crippen molar-refractivity contribution in [1.29, 1.82) is 0 Å². The number of carbonyl (C=O) groups excluding carboxylic acids is 6. The summed E-state index contributed by atoms with van der Waals surface area (Å²) in [7, 11) is 0. The van der Waals surface area contributed by atoms with Gasteiger partial charge in [-0.2, -0.15) is 0 Å². The first-order valence-electron chi connectivity index (χ1n) is 20.5. The lowest BCUT2D eigenvalue weighted by Gasteiger charge is -2.40. The number of nitrogens with one attached hydrogen (secondary N) is 5. The van der Waals surface area contributed by atoms with Crippen molar-refractivity contribution in [1.82, 2.24) is 31.2 Å². The zero-order chi connectivity index (χ0) is 39.5. The van der Waals surface area contributed by atoms with Crippen molar-refractivity contribution < 1.29 is 33.9 Å². The van der Waals surface area contributed by atoms with Crippen molar-refractivity contribution in [2.24, 2.45) is 17.3 Å². The molecule has 2 heterocycles. The summed E-state index contributed by atoms with van der Waals surface area (Å²) in [6.07, 6.45) is 9.95. The molecule has 1 saturated heterocycles. The second kappa shape index (κ2) is 17.4. The van der Waals surface area contributed by atoms with Gasteiger partial charge in [0, 0.05) is 23.3 Å². The van der Waals surface area contributed by atoms with Crippen LogP contribution in [0.15, 0.2) is 0 Å². The lowest BCUT2D eigenvalue weighted by atomic mass is 9.81. The number of aliphatic hydroxyl groups is 1. The lowest BCUT2D eigenvalue weighted by molar-refractivity contribution is -0.147. The van der Waals surface area contributed by atoms with Crippen LogP contribution >= 0.6 is 0 Å². The Labute approximate surface area is 320 Å². The molecule has 1 aromatic rings. The van der Waals surface area contributed by atoms with Gasteiger partial charge >= 0.3 is 0 Å². The highest BCUT2D eigenvalue weighted by Crippen LogP contribution is 2.41. The summed E-state index contributed by atoms with van der Waals surface area (Å²) in [6.45, 7) is 12.8. The van der Waals surface area contributed by atoms with Crippen LogP contribution in [0.1, 0.15) is 158 Å². The van der Waals surface area contributed by atoms with Gasteiger partial charge in [0.25, 0.3) is 11.8 Å². The summed E-state index contributed by atoms with van der Waals surface area (Å²) < 4.78 is 0. The molecule has 0 aromatic carbocycles. The molecule has 1 unspecified atom stereocenters. The number of hydrogen-bond donors (Lipinski definition) is 6. The van der Waals surface area contributed by atoms with E-state index in [0.29, 0.717) is 24.8 Å². The number of carbonyl (C=O) groups is 6. The second-order valence-corrected chi connectivity index (χ2v) is 17.6. The van der Waals surface area contributed by atoms with Crippen LogP contribution in [0.2, 0.25) is 0 Å². The summed E-state index contributed by atoms with van der Waals surface area (Å²) in [5.41, 5.74) is 1.48. The maximum absolute atomic E-state index is 15.0. The monoisotopic (exact) mass is 752 g/mol. The highest BCUT2D eigenvalue weighted by Gasteiger charge is 2.51. The predicted octanol–water partition coefficient (Wildman–Crippen LogP) is 4.19. The van der Waals surface area contributed by atoms with Gasteiger partial charge in [-0.15, -0.1) is 0 Å². The zero-order valence-corrected chi connectivity index (χ0v) is 33.4. The highest BCUT2D eigenvalue weighted by atomic mass is 16.3. The van der Waals surface area contributed by atoms with Crippen molar-refractivity contribution in [3.05, 3.63) is 22.5 Å². The van der Waals surface area contributed by atoms with Crippen LogP contribution in [0.4, 0.5) is 0 Å². The fourth-order valence-electron chi connectivity index (χ4n) is 9.03. The van der Waals surface area contributed by atoms with Gasteiger partial charge in [-0.25, -0.2) is 0 Å². The molecule has 1 aromatic heterocycles. The minimum Gasteiger partial charge on any atom is -0.389 e. The van der Waals surface area contributed by atoms with Crippen molar-refractivity contribution in [2.45, 2.75) is 181 Å². The molecule has 3 aliphatic carbocycles. The summed E-state index contributed by atoms with van der Waals surface area (Å²) in [5.74, 6) is -3.19. The molecule has 6 N–H and O–H groups in total. The van der Waals surface area contributed by atoms with Crippen molar-refractivity contribution in [3.63, 3.8) is 0 Å². The highest BCUT2D eigenvalue weighted by molar-refractivity contribution is 6.38. The van der Waals surface area contributed by atoms with Crippen LogP contribution in [0.25, 0.3) is 0 Å². The number of aryl methyl sites for hydroxylation is 1. The number of rotatable bonds is 14. The largest absolute Gasteiger partial charge is 0.389 e. The topological polar surface area (TPSA) is 190 Å². The van der Waals surface area contributed by atoms with E-state index >= 15 is 0 Å². The molecule has 1 aliphatic heterocycles. The third-order valence-corrected chi connectivity index (χ3v) is 12.3. The number of amides is 5. The van der Waals surface area contributed by atoms with E-state index in [9.17, 15) is 33.9 Å². The summed E-state index contributed by atoms with van der Waals surface area (Å²) in [5, 5.41) is 22.2. The Bertz CT molecular complexity index is 1570. The predicted molar refractivity (Wildman–Crippen MR) is 204 cm³/mol. The molecule has 300 valence electrons. The number of hydrogen-bond acceptors (Lipinski definition) is 7. The molecule has 7 atom stereocenters. The number of aromatic nitrogens is 1. The van der Waals surface area contributed by atoms with E-state index in [4.69, 9.17) is 0 Å². The van der Waals surface area contributed by atoms with Crippen LogP contribution in [-0.2, 0) is 24.0 Å². The van der Waals surface area contributed by atoms with Crippen molar-refractivity contribution in [2.75, 3.05) is 0 Å². The quantitative estimate of drug-likeness (QED) is 0.154. The number of fused-ring (bicyclic) bond motifs is 1. The number of aromatic amines is 1. The van der Waals surface area contributed by atoms with Gasteiger partial charge in [-0.3, -0.25) is 28.8 Å². The molecule has 4 aliphatic rings. The molecule has 3 saturated carbocycles. The Kier molecular flexibility index (Phi) is 13.3. The first kappa shape index (κ1) is 41.4. The van der Waals surface area contributed by atoms with Crippen molar-refractivity contribution in [3.8, 4) is 0 Å². The molecule has 13 heteroatoms. The summed E-state index contributed by atoms with van der Waals surface area (Å²) >= 11 is 0. The SMILES string of the molecule is CCC[C@H](NC(=O)[C@@H]1C[C@@H]2CCCC[C@@H]2N1C(=O)[C@@H](NC(=O)[C@@H](NC(=O)c1[nH]c(C)c(C)c1C(C)O)C1CCCCC1)C(C)(C)C)C(=O)C(=O)NC1CC1.